The first-order chi connectivity index (χ1) is 29.0. The quantitative estimate of drug-likeness (QED) is 0.0804. The number of carbonyl (C=O) groups is 2. The third-order valence-corrected chi connectivity index (χ3v) is 20.7. The molecule has 8 fully saturated rings. The molecule has 0 radical (unpaired) electrons. The van der Waals surface area contributed by atoms with Crippen molar-refractivity contribution >= 4 is 22.0 Å². The Bertz CT molecular complexity index is 1660. The Labute approximate surface area is 401 Å². The van der Waals surface area contributed by atoms with Gasteiger partial charge in [0, 0.05) is 12.8 Å². The van der Waals surface area contributed by atoms with E-state index in [-0.39, 0.29) is 75.7 Å². The Morgan fingerprint density at radius 3 is 1.49 bits per heavy atom. The number of alkyl halides is 2. The number of hydrogen-bond donors (Lipinski definition) is 4. The van der Waals surface area contributed by atoms with Crippen LogP contribution in [0, 0.1) is 99.1 Å². The van der Waals surface area contributed by atoms with Gasteiger partial charge in [0.25, 0.3) is 0 Å². The normalized spacial score (nSPS) is 45.9. The van der Waals surface area contributed by atoms with E-state index in [9.17, 15) is 33.7 Å². The summed E-state index contributed by atoms with van der Waals surface area (Å²) in [5.74, 6) is 5.99. The molecular formula is C50H82F2NaO9S-. The Morgan fingerprint density at radius 1 is 0.651 bits per heavy atom. The van der Waals surface area contributed by atoms with Gasteiger partial charge in [-0.2, -0.15) is 12.8 Å². The monoisotopic (exact) mass is 920 g/mol. The van der Waals surface area contributed by atoms with Crippen molar-refractivity contribution in [3.8, 4) is 0 Å². The summed E-state index contributed by atoms with van der Waals surface area (Å²) < 4.78 is 58.0. The minimum Gasteiger partial charge on any atom is -0.726 e. The fraction of sp³-hybridized carbons (Fsp3) is 0.940. The molecule has 0 spiro atoms. The maximum Gasteiger partial charge on any atom is 1.00 e. The van der Waals surface area contributed by atoms with Gasteiger partial charge in [-0.25, -0.2) is 17.2 Å². The summed E-state index contributed by atoms with van der Waals surface area (Å²) in [6, 6.07) is 0. The Kier molecular flexibility index (Phi) is 18.2. The smallest absolute Gasteiger partial charge is 0.726 e. The van der Waals surface area contributed by atoms with Crippen LogP contribution in [0.15, 0.2) is 0 Å². The number of fused-ring (bicyclic) bond motifs is 10. The largest absolute Gasteiger partial charge is 1.00 e. The minimum absolute atomic E-state index is 0. The van der Waals surface area contributed by atoms with E-state index in [1.165, 1.54) is 70.6 Å². The molecule has 8 aliphatic rings. The van der Waals surface area contributed by atoms with Crippen molar-refractivity contribution in [1.29, 1.82) is 0 Å². The summed E-state index contributed by atoms with van der Waals surface area (Å²) in [6.45, 7) is 12.8. The Morgan fingerprint density at radius 2 is 1.05 bits per heavy atom. The average molecular weight is 920 g/mol. The predicted octanol–water partition coefficient (Wildman–Crippen LogP) is 6.72. The van der Waals surface area contributed by atoms with Gasteiger partial charge < -0.3 is 26.3 Å². The van der Waals surface area contributed by atoms with E-state index >= 15 is 0 Å². The summed E-state index contributed by atoms with van der Waals surface area (Å²) in [5.41, 5.74) is 1.20. The third kappa shape index (κ3) is 11.0. The van der Waals surface area contributed by atoms with Crippen molar-refractivity contribution in [1.82, 2.24) is 0 Å². The van der Waals surface area contributed by atoms with Crippen LogP contribution in [0.5, 0.6) is 0 Å². The molecule has 8 rings (SSSR count). The van der Waals surface area contributed by atoms with E-state index in [1.54, 1.807) is 0 Å². The molecule has 0 amide bonds. The average Bonchev–Trinajstić information content (AvgIpc) is 3.76. The van der Waals surface area contributed by atoms with Crippen LogP contribution >= 0.6 is 0 Å². The standard InChI is InChI=1S/C25H41FO3.C25H40FO2.Na.H2O4S/c1-15(4-5-18(28)14-26)19-6-7-20-23-21(9-11-25(19,20)3)24(2)10-8-17(27)12-16(24)13-22(23)29;1-16(7-8-18(27)15-26)19-9-10-20-23-21(11-13-25(19,20)3)24(2)12-5-4-6-17(24)14-22(23)28;;1-5(2,3)4/h15-17,19-23,27,29H,4-14H2,1-3H3;4,16-17,19-23,28H,5-15H2,1-3H3;;(H2,1,2,3,4)/q;-1;+1;/p-1/t15-,16+,17-,19-,20+,21+,22-,23+,24+,25-;16-,17+,19-,20+,21+,22-,23+,24+,25-;;/m11../s1. The van der Waals surface area contributed by atoms with Crippen molar-refractivity contribution in [2.24, 2.45) is 92.7 Å². The van der Waals surface area contributed by atoms with Gasteiger partial charge in [0.2, 0.25) is 10.4 Å². The number of ketones is 2. The van der Waals surface area contributed by atoms with E-state index in [0.29, 0.717) is 89.3 Å². The molecule has 63 heavy (non-hydrogen) atoms. The molecule has 8 saturated carbocycles. The minimum atomic E-state index is -4.92. The molecule has 13 heteroatoms. The molecular weight excluding hydrogens is 838 g/mol. The first kappa shape index (κ1) is 53.9. The molecule has 19 atom stereocenters. The second-order valence-electron chi connectivity index (χ2n) is 23.3. The van der Waals surface area contributed by atoms with Gasteiger partial charge in [-0.05, 0) is 183 Å². The van der Waals surface area contributed by atoms with E-state index < -0.39 is 23.7 Å². The topological polar surface area (TPSA) is 172 Å². The van der Waals surface area contributed by atoms with Crippen LogP contribution in [0.3, 0.4) is 0 Å². The van der Waals surface area contributed by atoms with Crippen molar-refractivity contribution in [2.45, 2.75) is 188 Å². The second-order valence-corrected chi connectivity index (χ2v) is 24.2. The number of hydrogen-bond acceptors (Lipinski definition) is 8. The summed E-state index contributed by atoms with van der Waals surface area (Å²) in [4.78, 5) is 23.0. The van der Waals surface area contributed by atoms with Gasteiger partial charge in [0.1, 0.15) is 13.3 Å². The fourth-order valence-electron chi connectivity index (χ4n) is 17.5. The van der Waals surface area contributed by atoms with Crippen LogP contribution in [0.4, 0.5) is 8.78 Å². The molecule has 0 aromatic heterocycles. The number of aliphatic hydroxyl groups is 3. The molecule has 0 saturated heterocycles. The zero-order valence-electron chi connectivity index (χ0n) is 39.8. The fourth-order valence-corrected chi connectivity index (χ4v) is 17.5. The first-order valence-corrected chi connectivity index (χ1v) is 26.1. The van der Waals surface area contributed by atoms with Crippen LogP contribution in [0.2, 0.25) is 0 Å². The van der Waals surface area contributed by atoms with Crippen molar-refractivity contribution < 1.29 is 80.8 Å². The summed E-state index contributed by atoms with van der Waals surface area (Å²) in [7, 11) is -4.92. The molecule has 8 aliphatic carbocycles. The predicted molar refractivity (Wildman–Crippen MR) is 235 cm³/mol. The van der Waals surface area contributed by atoms with Gasteiger partial charge in [0.15, 0.2) is 11.6 Å². The van der Waals surface area contributed by atoms with E-state index in [2.05, 4.69) is 48.0 Å². The number of carbonyl (C=O) groups excluding carboxylic acids is 2. The van der Waals surface area contributed by atoms with E-state index in [4.69, 9.17) is 17.5 Å². The molecule has 4 N–H and O–H groups in total. The summed E-state index contributed by atoms with van der Waals surface area (Å²) in [6.07, 6.45) is 22.5. The van der Waals surface area contributed by atoms with Crippen molar-refractivity contribution in [2.75, 3.05) is 13.3 Å². The molecule has 0 unspecified atom stereocenters. The first-order valence-electron chi connectivity index (χ1n) is 24.7. The van der Waals surface area contributed by atoms with Crippen LogP contribution < -0.4 is 29.6 Å². The molecule has 0 bridgehead atoms. The molecule has 0 aliphatic heterocycles. The number of rotatable bonds is 10. The van der Waals surface area contributed by atoms with Crippen LogP contribution in [-0.4, -0.2) is 76.1 Å². The van der Waals surface area contributed by atoms with Crippen LogP contribution in [0.25, 0.3) is 0 Å². The Balaban J connectivity index is 0.000000212. The zero-order valence-corrected chi connectivity index (χ0v) is 42.6. The molecule has 358 valence electrons. The molecule has 0 aromatic carbocycles. The summed E-state index contributed by atoms with van der Waals surface area (Å²) >= 11 is 0. The Hall–Kier alpha value is -0.0500. The zero-order chi connectivity index (χ0) is 45.6. The van der Waals surface area contributed by atoms with Crippen LogP contribution in [-0.2, 0) is 20.0 Å². The van der Waals surface area contributed by atoms with Gasteiger partial charge >= 0.3 is 29.6 Å². The SMILES string of the molecule is C[C@H](CCC(=O)CF)[C@H]1CC[C@H]2[C@@H]3[C@H](O)C[C@@H]4C[C@H](O)CC[C@]4(C)[C@H]3CC[C@]12C.C[C@H](CCC(=O)CF)[C@H]1CC[C@H]2[C@@H]3[C@H](O)C[C@@H]4C[CH-]CC[C@]4(C)[C@H]3CC[C@]12C.O=S(=O)([O-])O.[Na+]. The van der Waals surface area contributed by atoms with Gasteiger partial charge in [-0.3, -0.25) is 14.1 Å². The van der Waals surface area contributed by atoms with Gasteiger partial charge in [-0.15, -0.1) is 0 Å². The van der Waals surface area contributed by atoms with E-state index in [0.717, 1.165) is 44.9 Å². The third-order valence-electron chi connectivity index (χ3n) is 20.7. The van der Waals surface area contributed by atoms with Gasteiger partial charge in [-0.1, -0.05) is 53.9 Å². The van der Waals surface area contributed by atoms with Gasteiger partial charge in [0.05, 0.1) is 18.3 Å². The molecule has 9 nitrogen and oxygen atoms in total. The number of Topliss-reactive ketones (excluding diaryl/α,β-unsaturated/α-hetero) is 2. The molecule has 0 aromatic rings. The van der Waals surface area contributed by atoms with Crippen molar-refractivity contribution in [3.63, 3.8) is 0 Å². The van der Waals surface area contributed by atoms with E-state index in [1.807, 2.05) is 0 Å². The summed E-state index contributed by atoms with van der Waals surface area (Å²) in [5, 5.41) is 32.7. The number of aliphatic hydroxyl groups excluding tert-OH is 3. The second kappa shape index (κ2) is 21.3. The van der Waals surface area contributed by atoms with Crippen molar-refractivity contribution in [3.05, 3.63) is 6.42 Å². The van der Waals surface area contributed by atoms with Crippen LogP contribution in [0.1, 0.15) is 170 Å². The maximum absolute atomic E-state index is 12.6. The maximum atomic E-state index is 12.6. The number of halogens is 2. The molecule has 0 heterocycles.